The molecule has 2 aliphatic heterocycles. The zero-order chi connectivity index (χ0) is 11.4. The summed E-state index contributed by atoms with van der Waals surface area (Å²) >= 11 is 0. The van der Waals surface area contributed by atoms with E-state index < -0.39 is 0 Å². The van der Waals surface area contributed by atoms with Crippen LogP contribution in [0.5, 0.6) is 0 Å². The van der Waals surface area contributed by atoms with Gasteiger partial charge in [0.25, 0.3) is 0 Å². The molecule has 2 heterocycles. The predicted molar refractivity (Wildman–Crippen MR) is 54.7 cm³/mol. The fourth-order valence-electron chi connectivity index (χ4n) is 5.43. The van der Waals surface area contributed by atoms with Gasteiger partial charge in [0, 0.05) is 0 Å². The lowest BCUT2D eigenvalue weighted by Crippen LogP contribution is -2.43. The van der Waals surface area contributed by atoms with Crippen LogP contribution in [0.3, 0.4) is 0 Å². The Bertz CT molecular complexity index is 432. The molecule has 2 saturated heterocycles. The standard InChI is InChI=1S/C13H14O4/c14-10-8-4-12-6-1-2-7(3-6)13(12,17-12)5-9(8)11(15)16-10/h6-9H,1-5H2/t6-,7+,8+,9-,12+,13-. The Labute approximate surface area is 98.6 Å². The summed E-state index contributed by atoms with van der Waals surface area (Å²) in [6.45, 7) is 0. The lowest BCUT2D eigenvalue weighted by molar-refractivity contribution is -0.154. The number of ether oxygens (including phenoxy) is 2. The predicted octanol–water partition coefficient (Wildman–Crippen LogP) is 1.03. The van der Waals surface area contributed by atoms with E-state index in [9.17, 15) is 9.59 Å². The van der Waals surface area contributed by atoms with Crippen molar-refractivity contribution in [2.24, 2.45) is 23.7 Å². The summed E-state index contributed by atoms with van der Waals surface area (Å²) in [5, 5.41) is 0. The number of cyclic esters (lactones) is 2. The summed E-state index contributed by atoms with van der Waals surface area (Å²) in [5.41, 5.74) is -0.0819. The fraction of sp³-hybridized carbons (Fsp3) is 0.846. The second-order valence-corrected chi connectivity index (χ2v) is 6.45. The third-order valence-electron chi connectivity index (χ3n) is 6.13. The normalized spacial score (nSPS) is 61.9. The molecule has 0 aromatic heterocycles. The van der Waals surface area contributed by atoms with Crippen LogP contribution in [0.15, 0.2) is 0 Å². The number of esters is 2. The Morgan fingerprint density at radius 2 is 1.47 bits per heavy atom. The van der Waals surface area contributed by atoms with Gasteiger partial charge in [0.05, 0.1) is 11.8 Å². The topological polar surface area (TPSA) is 55.9 Å². The van der Waals surface area contributed by atoms with Crippen LogP contribution in [0.25, 0.3) is 0 Å². The fourth-order valence-corrected chi connectivity index (χ4v) is 5.43. The smallest absolute Gasteiger partial charge is 0.317 e. The average Bonchev–Trinajstić information content (AvgIpc) is 2.55. The summed E-state index contributed by atoms with van der Waals surface area (Å²) in [6.07, 6.45) is 5.22. The lowest BCUT2D eigenvalue weighted by atomic mass is 9.64. The van der Waals surface area contributed by atoms with Gasteiger partial charge in [-0.1, -0.05) is 0 Å². The number of hydrogen-bond acceptors (Lipinski definition) is 4. The molecular formula is C13H14O4. The molecule has 5 fully saturated rings. The highest BCUT2D eigenvalue weighted by Gasteiger charge is 2.85. The van der Waals surface area contributed by atoms with Gasteiger partial charge in [-0.25, -0.2) is 0 Å². The van der Waals surface area contributed by atoms with Gasteiger partial charge in [-0.3, -0.25) is 9.59 Å². The van der Waals surface area contributed by atoms with Crippen LogP contribution in [0, 0.1) is 23.7 Å². The minimum atomic E-state index is -0.304. The molecule has 4 nitrogen and oxygen atoms in total. The maximum Gasteiger partial charge on any atom is 0.317 e. The molecule has 6 atom stereocenters. The summed E-state index contributed by atoms with van der Waals surface area (Å²) in [5.74, 6) is 0.242. The van der Waals surface area contributed by atoms with Crippen molar-refractivity contribution in [2.75, 3.05) is 0 Å². The van der Waals surface area contributed by atoms with E-state index in [-0.39, 0.29) is 35.0 Å². The Kier molecular flexibility index (Phi) is 1.23. The first-order valence-corrected chi connectivity index (χ1v) is 6.62. The highest BCUT2D eigenvalue weighted by molar-refractivity contribution is 5.97. The number of carbonyl (C=O) groups excluding carboxylic acids is 2. The molecule has 4 heteroatoms. The third kappa shape index (κ3) is 0.742. The largest absolute Gasteiger partial charge is 0.393 e. The highest BCUT2D eigenvalue weighted by Crippen LogP contribution is 2.77. The molecule has 17 heavy (non-hydrogen) atoms. The van der Waals surface area contributed by atoms with Gasteiger partial charge in [0.1, 0.15) is 11.2 Å². The maximum absolute atomic E-state index is 11.7. The molecule has 2 bridgehead atoms. The minimum Gasteiger partial charge on any atom is -0.393 e. The first kappa shape index (κ1) is 9.09. The molecule has 3 saturated carbocycles. The van der Waals surface area contributed by atoms with Crippen LogP contribution >= 0.6 is 0 Å². The van der Waals surface area contributed by atoms with Crippen LogP contribution in [0.1, 0.15) is 32.1 Å². The van der Waals surface area contributed by atoms with E-state index in [0.717, 1.165) is 12.8 Å². The maximum atomic E-state index is 11.7. The van der Waals surface area contributed by atoms with E-state index in [2.05, 4.69) is 0 Å². The van der Waals surface area contributed by atoms with Crippen LogP contribution in [0.2, 0.25) is 0 Å². The van der Waals surface area contributed by atoms with Crippen molar-refractivity contribution in [3.05, 3.63) is 0 Å². The molecule has 0 amide bonds. The van der Waals surface area contributed by atoms with Gasteiger partial charge < -0.3 is 9.47 Å². The van der Waals surface area contributed by atoms with Gasteiger partial charge >= 0.3 is 11.9 Å². The van der Waals surface area contributed by atoms with Gasteiger partial charge in [-0.15, -0.1) is 0 Å². The van der Waals surface area contributed by atoms with Crippen LogP contribution in [0.4, 0.5) is 0 Å². The van der Waals surface area contributed by atoms with E-state index in [0.29, 0.717) is 11.8 Å². The molecule has 3 aliphatic carbocycles. The zero-order valence-electron chi connectivity index (χ0n) is 9.48. The number of rotatable bonds is 0. The van der Waals surface area contributed by atoms with Crippen molar-refractivity contribution in [3.63, 3.8) is 0 Å². The second kappa shape index (κ2) is 2.30. The number of carbonyl (C=O) groups is 2. The zero-order valence-corrected chi connectivity index (χ0v) is 9.48. The Morgan fingerprint density at radius 3 is 2.00 bits per heavy atom. The van der Waals surface area contributed by atoms with Crippen molar-refractivity contribution >= 4 is 11.9 Å². The van der Waals surface area contributed by atoms with Gasteiger partial charge in [-0.05, 0) is 43.9 Å². The lowest BCUT2D eigenvalue weighted by Gasteiger charge is -2.32. The molecule has 0 spiro atoms. The first-order valence-electron chi connectivity index (χ1n) is 6.62. The molecule has 90 valence electrons. The van der Waals surface area contributed by atoms with Crippen molar-refractivity contribution in [1.29, 1.82) is 0 Å². The Hall–Kier alpha value is -0.900. The van der Waals surface area contributed by atoms with Crippen molar-refractivity contribution in [3.8, 4) is 0 Å². The Balaban J connectivity index is 1.60. The van der Waals surface area contributed by atoms with E-state index in [4.69, 9.17) is 9.47 Å². The molecule has 0 aromatic rings. The van der Waals surface area contributed by atoms with Gasteiger partial charge in [0.2, 0.25) is 0 Å². The van der Waals surface area contributed by atoms with Crippen LogP contribution in [-0.4, -0.2) is 23.1 Å². The number of epoxide rings is 1. The number of fused-ring (bicyclic) bond motifs is 3. The van der Waals surface area contributed by atoms with E-state index >= 15 is 0 Å². The molecule has 0 unspecified atom stereocenters. The monoisotopic (exact) mass is 234 g/mol. The van der Waals surface area contributed by atoms with Crippen molar-refractivity contribution in [2.45, 2.75) is 43.3 Å². The first-order chi connectivity index (χ1) is 8.16. The minimum absolute atomic E-state index is 0.0409. The molecule has 0 radical (unpaired) electrons. The summed E-state index contributed by atoms with van der Waals surface area (Å²) in [4.78, 5) is 23.3. The van der Waals surface area contributed by atoms with Crippen molar-refractivity contribution in [1.82, 2.24) is 0 Å². The van der Waals surface area contributed by atoms with E-state index in [1.807, 2.05) is 0 Å². The summed E-state index contributed by atoms with van der Waals surface area (Å²) in [7, 11) is 0. The Morgan fingerprint density at radius 1 is 0.941 bits per heavy atom. The van der Waals surface area contributed by atoms with Gasteiger partial charge in [-0.2, -0.15) is 0 Å². The second-order valence-electron chi connectivity index (χ2n) is 6.45. The third-order valence-corrected chi connectivity index (χ3v) is 6.13. The highest BCUT2D eigenvalue weighted by atomic mass is 16.6. The average molecular weight is 234 g/mol. The molecule has 0 aromatic carbocycles. The number of hydrogen-bond donors (Lipinski definition) is 0. The van der Waals surface area contributed by atoms with E-state index in [1.165, 1.54) is 19.3 Å². The van der Waals surface area contributed by atoms with Crippen molar-refractivity contribution < 1.29 is 19.1 Å². The summed E-state index contributed by atoms with van der Waals surface area (Å²) < 4.78 is 10.9. The molecular weight excluding hydrogens is 220 g/mol. The molecule has 5 rings (SSSR count). The van der Waals surface area contributed by atoms with Crippen LogP contribution in [-0.2, 0) is 19.1 Å². The SMILES string of the molecule is O=C1OC(=O)[C@@H]2C[C@]34O[C@@]3(C[C@H]12)[C@@H]1CC[C@H]4C1. The molecule has 5 aliphatic rings. The van der Waals surface area contributed by atoms with E-state index in [1.54, 1.807) is 0 Å². The van der Waals surface area contributed by atoms with Gasteiger partial charge in [0.15, 0.2) is 0 Å². The summed E-state index contributed by atoms with van der Waals surface area (Å²) in [6, 6.07) is 0. The quantitative estimate of drug-likeness (QED) is 0.357. The van der Waals surface area contributed by atoms with Crippen LogP contribution < -0.4 is 0 Å². The molecule has 0 N–H and O–H groups in total.